The molecule has 254 valence electrons. The number of fused-ring (bicyclic) bond motifs is 4. The fourth-order valence-electron chi connectivity index (χ4n) is 8.36. The molecule has 1 aromatic heterocycles. The van der Waals surface area contributed by atoms with Gasteiger partial charge in [0.2, 0.25) is 11.6 Å². The predicted molar refractivity (Wildman–Crippen MR) is 175 cm³/mol. The number of benzene rings is 2. The Hall–Kier alpha value is -3.62. The van der Waals surface area contributed by atoms with Crippen molar-refractivity contribution < 1.29 is 38.6 Å². The van der Waals surface area contributed by atoms with E-state index < -0.39 is 57.7 Å². The number of aliphatic hydroxyl groups is 3. The van der Waals surface area contributed by atoms with Crippen molar-refractivity contribution in [3.05, 3.63) is 90.1 Å². The van der Waals surface area contributed by atoms with E-state index >= 15 is 4.39 Å². The van der Waals surface area contributed by atoms with Crippen LogP contribution in [0.25, 0.3) is 5.76 Å². The molecule has 48 heavy (non-hydrogen) atoms. The number of Topliss-reactive ketones (excluding diaryl/α,β-unsaturated/α-hetero) is 2. The summed E-state index contributed by atoms with van der Waals surface area (Å²) in [5.41, 5.74) is -2.81. The third-order valence-electron chi connectivity index (χ3n) is 10.6. The van der Waals surface area contributed by atoms with E-state index in [1.54, 1.807) is 19.0 Å². The molecule has 2 fully saturated rings. The number of aromatic nitrogens is 1. The highest BCUT2D eigenvalue weighted by atomic mass is 79.9. The maximum atomic E-state index is 16.9. The summed E-state index contributed by atoms with van der Waals surface area (Å²) in [5, 5.41) is 35.8. The topological polar surface area (TPSA) is 157 Å². The number of carbonyl (C=O) groups excluding carboxylic acids is 2. The van der Waals surface area contributed by atoms with Crippen LogP contribution < -0.4 is 10.3 Å². The molecule has 0 bridgehead atoms. The molecule has 3 aliphatic carbocycles. The van der Waals surface area contributed by atoms with Crippen LogP contribution in [0, 0.1) is 17.7 Å². The number of ether oxygens (including phenoxy) is 1. The summed E-state index contributed by atoms with van der Waals surface area (Å²) < 4.78 is 28.9. The zero-order chi connectivity index (χ0) is 34.1. The van der Waals surface area contributed by atoms with Crippen LogP contribution in [0.3, 0.4) is 0 Å². The molecular formula is C35H37BrFN3O8. The first-order chi connectivity index (χ1) is 23.0. The van der Waals surface area contributed by atoms with Crippen LogP contribution in [0.4, 0.5) is 4.39 Å². The standard InChI is InChI=1S/C35H37BrFN3O8/c1-39(2)28-22-14-18-13-20-24(29(42)23(18)32(43)35(22,46)33(44)25-31(28)48-38-34(25)45)30(47-16-17-7-4-3-5-8-17)26(36)21(27(20)37)15-40-11-6-9-19(40)10-12-41/h3-5,7-8,18-19,22,28,41-42,46H,6,9-16H2,1-2H3,(H,38,45)/t18-,19-,22-,28-,35-/m0/s1. The number of carbonyl (C=O) groups is 2. The van der Waals surface area contributed by atoms with Crippen LogP contribution in [0.1, 0.15) is 70.1 Å². The van der Waals surface area contributed by atoms with E-state index in [1.165, 1.54) is 0 Å². The molecule has 0 amide bonds. The van der Waals surface area contributed by atoms with Crippen molar-refractivity contribution in [3.8, 4) is 5.75 Å². The average Bonchev–Trinajstić information content (AvgIpc) is 3.67. The van der Waals surface area contributed by atoms with Crippen molar-refractivity contribution in [2.75, 3.05) is 27.2 Å². The lowest BCUT2D eigenvalue weighted by atomic mass is 9.57. The molecule has 4 N–H and O–H groups in total. The van der Waals surface area contributed by atoms with E-state index in [2.05, 4.69) is 26.0 Å². The van der Waals surface area contributed by atoms with Crippen molar-refractivity contribution in [1.82, 2.24) is 15.0 Å². The Morgan fingerprint density at radius 1 is 1.17 bits per heavy atom. The number of aliphatic hydroxyl groups excluding tert-OH is 2. The second-order valence-electron chi connectivity index (χ2n) is 13.5. The Morgan fingerprint density at radius 2 is 1.92 bits per heavy atom. The van der Waals surface area contributed by atoms with Gasteiger partial charge in [-0.05, 0) is 80.2 Å². The lowest BCUT2D eigenvalue weighted by Gasteiger charge is -2.49. The minimum Gasteiger partial charge on any atom is -0.507 e. The van der Waals surface area contributed by atoms with Gasteiger partial charge in [0.05, 0.1) is 16.1 Å². The molecule has 1 saturated carbocycles. The summed E-state index contributed by atoms with van der Waals surface area (Å²) in [7, 11) is 3.37. The van der Waals surface area contributed by atoms with Gasteiger partial charge in [0.1, 0.15) is 29.5 Å². The van der Waals surface area contributed by atoms with E-state index in [1.807, 2.05) is 30.3 Å². The van der Waals surface area contributed by atoms with Crippen LogP contribution >= 0.6 is 15.9 Å². The van der Waals surface area contributed by atoms with E-state index in [-0.39, 0.29) is 71.3 Å². The Morgan fingerprint density at radius 3 is 2.62 bits per heavy atom. The van der Waals surface area contributed by atoms with Crippen LogP contribution in [0.2, 0.25) is 0 Å². The van der Waals surface area contributed by atoms with E-state index in [0.717, 1.165) is 24.9 Å². The monoisotopic (exact) mass is 725 g/mol. The molecular weight excluding hydrogens is 689 g/mol. The number of H-pyrrole nitrogens is 1. The third kappa shape index (κ3) is 4.93. The first-order valence-electron chi connectivity index (χ1n) is 16.2. The molecule has 0 unspecified atom stereocenters. The summed E-state index contributed by atoms with van der Waals surface area (Å²) in [5.74, 6) is -4.83. The first-order valence-corrected chi connectivity index (χ1v) is 17.0. The summed E-state index contributed by atoms with van der Waals surface area (Å²) in [6.45, 7) is 1.07. The third-order valence-corrected chi connectivity index (χ3v) is 11.4. The fraction of sp³-hybridized carbons (Fsp3) is 0.457. The highest BCUT2D eigenvalue weighted by Gasteiger charge is 2.65. The number of nitrogens with one attached hydrogen (secondary N) is 1. The molecule has 4 aliphatic rings. The van der Waals surface area contributed by atoms with Crippen molar-refractivity contribution in [3.63, 3.8) is 0 Å². The predicted octanol–water partition coefficient (Wildman–Crippen LogP) is 4.06. The number of likely N-dealkylation sites (tertiary alicyclic amines) is 1. The zero-order valence-corrected chi connectivity index (χ0v) is 28.2. The summed E-state index contributed by atoms with van der Waals surface area (Å²) >= 11 is 3.59. The average molecular weight is 727 g/mol. The Balaban J connectivity index is 1.38. The highest BCUT2D eigenvalue weighted by molar-refractivity contribution is 9.10. The van der Waals surface area contributed by atoms with Gasteiger partial charge in [-0.1, -0.05) is 30.3 Å². The van der Waals surface area contributed by atoms with Crippen molar-refractivity contribution in [2.24, 2.45) is 11.8 Å². The van der Waals surface area contributed by atoms with Gasteiger partial charge >= 0.3 is 0 Å². The van der Waals surface area contributed by atoms with Crippen LogP contribution in [-0.4, -0.2) is 80.7 Å². The SMILES string of the molecule is CN(C)[C@@H]1c2o[nH]c(=O)c2C(=O)[C@@]2(O)C(=O)C3=C(O)c4c(c(F)c(CN5CCC[C@H]5CCO)c(Br)c4OCc4ccccc4)C[C@H]3C[C@@H]12. The molecule has 2 heterocycles. The first kappa shape index (κ1) is 32.9. The van der Waals surface area contributed by atoms with Gasteiger partial charge in [-0.3, -0.25) is 24.2 Å². The molecule has 3 aromatic rings. The summed E-state index contributed by atoms with van der Waals surface area (Å²) in [4.78, 5) is 44.6. The Labute approximate surface area is 284 Å². The minimum absolute atomic E-state index is 0.000787. The number of ketones is 2. The minimum atomic E-state index is -2.66. The molecule has 1 aliphatic heterocycles. The zero-order valence-electron chi connectivity index (χ0n) is 26.6. The van der Waals surface area contributed by atoms with E-state index in [4.69, 9.17) is 9.26 Å². The molecule has 5 atom stereocenters. The second-order valence-corrected chi connectivity index (χ2v) is 14.2. The maximum Gasteiger partial charge on any atom is 0.291 e. The fourth-order valence-corrected chi connectivity index (χ4v) is 8.97. The number of nitrogens with zero attached hydrogens (tertiary/aromatic N) is 2. The molecule has 0 radical (unpaired) electrons. The number of hydrogen-bond acceptors (Lipinski definition) is 10. The Bertz CT molecular complexity index is 1890. The molecule has 2 aromatic carbocycles. The van der Waals surface area contributed by atoms with Gasteiger partial charge in [0.15, 0.2) is 11.4 Å². The van der Waals surface area contributed by atoms with E-state index in [9.17, 15) is 29.7 Å². The molecule has 11 nitrogen and oxygen atoms in total. The van der Waals surface area contributed by atoms with Crippen LogP contribution in [0.5, 0.6) is 5.75 Å². The number of aromatic amines is 1. The summed E-state index contributed by atoms with van der Waals surface area (Å²) in [6, 6.07) is 8.57. The number of hydrogen-bond donors (Lipinski definition) is 4. The van der Waals surface area contributed by atoms with Crippen molar-refractivity contribution >= 4 is 33.3 Å². The van der Waals surface area contributed by atoms with Gasteiger partial charge in [0.25, 0.3) is 5.56 Å². The van der Waals surface area contributed by atoms with Gasteiger partial charge < -0.3 is 24.6 Å². The molecule has 13 heteroatoms. The largest absolute Gasteiger partial charge is 0.507 e. The summed E-state index contributed by atoms with van der Waals surface area (Å²) in [6.07, 6.45) is 2.40. The normalized spacial score (nSPS) is 26.8. The van der Waals surface area contributed by atoms with Gasteiger partial charge in [-0.15, -0.1) is 0 Å². The second kappa shape index (κ2) is 12.4. The highest BCUT2D eigenvalue weighted by Crippen LogP contribution is 2.56. The Kier molecular flexibility index (Phi) is 8.48. The number of halogens is 2. The quantitative estimate of drug-likeness (QED) is 0.250. The van der Waals surface area contributed by atoms with E-state index in [0.29, 0.717) is 12.0 Å². The van der Waals surface area contributed by atoms with Crippen molar-refractivity contribution in [2.45, 2.75) is 62.9 Å². The lowest BCUT2D eigenvalue weighted by molar-refractivity contribution is -0.142. The number of rotatable bonds is 8. The maximum absolute atomic E-state index is 16.9. The van der Waals surface area contributed by atoms with Gasteiger partial charge in [-0.2, -0.15) is 5.16 Å². The molecule has 0 spiro atoms. The lowest BCUT2D eigenvalue weighted by Crippen LogP contribution is -2.63. The van der Waals surface area contributed by atoms with Crippen LogP contribution in [-0.2, 0) is 24.4 Å². The van der Waals surface area contributed by atoms with Gasteiger partial charge in [0, 0.05) is 41.8 Å². The van der Waals surface area contributed by atoms with Crippen LogP contribution in [0.15, 0.2) is 49.7 Å². The van der Waals surface area contributed by atoms with Gasteiger partial charge in [-0.25, -0.2) is 4.39 Å². The smallest absolute Gasteiger partial charge is 0.291 e. The molecule has 1 saturated heterocycles. The van der Waals surface area contributed by atoms with Crippen molar-refractivity contribution in [1.29, 1.82) is 0 Å². The molecule has 7 rings (SSSR count).